The van der Waals surface area contributed by atoms with Crippen molar-refractivity contribution in [3.05, 3.63) is 62.4 Å². The number of nitrogen functional groups attached to an aromatic ring is 1. The number of aromatic carboxylic acids is 1. The Morgan fingerprint density at radius 2 is 2.00 bits per heavy atom. The maximum Gasteiger partial charge on any atom is 0.346 e. The number of anilines is 1. The van der Waals surface area contributed by atoms with E-state index >= 15 is 0 Å². The van der Waals surface area contributed by atoms with E-state index in [9.17, 15) is 14.7 Å². The molecule has 1 heterocycles. The fraction of sp³-hybridized carbons (Fsp3) is 0.111. The van der Waals surface area contributed by atoms with Crippen LogP contribution < -0.4 is 17.2 Å². The number of carboxylic acids is 1. The number of ketones is 1. The smallest absolute Gasteiger partial charge is 0.346 e. The molecule has 1 aliphatic carbocycles. The summed E-state index contributed by atoms with van der Waals surface area (Å²) in [6.45, 7) is 0. The lowest BCUT2D eigenvalue weighted by Crippen LogP contribution is -2.52. The Bertz CT molecular complexity index is 1110. The van der Waals surface area contributed by atoms with Crippen molar-refractivity contribution in [1.82, 2.24) is 0 Å². The third-order valence-electron chi connectivity index (χ3n) is 4.79. The van der Waals surface area contributed by atoms with Gasteiger partial charge in [-0.25, -0.2) is 4.79 Å². The molecule has 0 bridgehead atoms. The van der Waals surface area contributed by atoms with Crippen LogP contribution in [0.15, 0.2) is 40.9 Å². The van der Waals surface area contributed by atoms with Crippen molar-refractivity contribution in [2.75, 3.05) is 5.73 Å². The first kappa shape index (κ1) is 17.2. The number of hydrogen-bond acceptors (Lipinski definition) is 6. The second-order valence-electron chi connectivity index (χ2n) is 6.22. The summed E-state index contributed by atoms with van der Waals surface area (Å²) in [5.41, 5.74) is 19.2. The lowest BCUT2D eigenvalue weighted by Gasteiger charge is -2.36. The first-order chi connectivity index (χ1) is 12.3. The zero-order chi connectivity index (χ0) is 18.8. The summed E-state index contributed by atoms with van der Waals surface area (Å²) in [4.78, 5) is 24.9. The van der Waals surface area contributed by atoms with Crippen molar-refractivity contribution >= 4 is 54.8 Å². The molecule has 2 aromatic carbocycles. The van der Waals surface area contributed by atoms with Gasteiger partial charge in [-0.2, -0.15) is 0 Å². The Kier molecular flexibility index (Phi) is 3.71. The van der Waals surface area contributed by atoms with Crippen LogP contribution in [-0.4, -0.2) is 16.9 Å². The summed E-state index contributed by atoms with van der Waals surface area (Å²) in [7, 11) is 0. The fourth-order valence-electron chi connectivity index (χ4n) is 3.57. The number of carbonyl (C=O) groups excluding carboxylic acids is 1. The number of carboxylic acid groups (broad SMARTS) is 1. The Morgan fingerprint density at radius 3 is 2.65 bits per heavy atom. The Hall–Kier alpha value is -2.26. The molecule has 6 nitrogen and oxygen atoms in total. The van der Waals surface area contributed by atoms with Crippen LogP contribution in [0.5, 0.6) is 0 Å². The first-order valence-corrected chi connectivity index (χ1v) is 9.31. The Balaban J connectivity index is 2.16. The molecule has 1 aromatic heterocycles. The van der Waals surface area contributed by atoms with Gasteiger partial charge in [-0.15, -0.1) is 11.3 Å². The van der Waals surface area contributed by atoms with E-state index in [-0.39, 0.29) is 4.88 Å². The molecule has 0 spiro atoms. The molecule has 4 rings (SSSR count). The van der Waals surface area contributed by atoms with E-state index in [1.54, 1.807) is 30.3 Å². The molecular formula is C18H14BrN3O3S. The van der Waals surface area contributed by atoms with Crippen molar-refractivity contribution in [2.45, 2.75) is 11.6 Å². The van der Waals surface area contributed by atoms with Crippen LogP contribution in [0.4, 0.5) is 5.69 Å². The zero-order valence-electron chi connectivity index (χ0n) is 13.3. The summed E-state index contributed by atoms with van der Waals surface area (Å²) in [5.74, 6) is -1.59. The molecule has 132 valence electrons. The largest absolute Gasteiger partial charge is 0.477 e. The molecule has 8 heteroatoms. The van der Waals surface area contributed by atoms with Gasteiger partial charge in [0.2, 0.25) is 0 Å². The summed E-state index contributed by atoms with van der Waals surface area (Å²) < 4.78 is 1.36. The lowest BCUT2D eigenvalue weighted by atomic mass is 9.70. The molecule has 0 amide bonds. The minimum absolute atomic E-state index is 0.0243. The van der Waals surface area contributed by atoms with E-state index in [0.29, 0.717) is 32.5 Å². The molecule has 3 aromatic rings. The number of Topliss-reactive ketones (excluding diaryl/α,β-unsaturated/α-hetero) is 1. The van der Waals surface area contributed by atoms with Crippen LogP contribution >= 0.6 is 27.3 Å². The maximum atomic E-state index is 13.2. The van der Waals surface area contributed by atoms with Crippen LogP contribution in [-0.2, 0) is 10.3 Å². The zero-order valence-corrected chi connectivity index (χ0v) is 15.7. The monoisotopic (exact) mass is 431 g/mol. The van der Waals surface area contributed by atoms with Gasteiger partial charge in [0.25, 0.3) is 0 Å². The van der Waals surface area contributed by atoms with Crippen molar-refractivity contribution < 1.29 is 14.7 Å². The molecule has 2 atom stereocenters. The van der Waals surface area contributed by atoms with Gasteiger partial charge >= 0.3 is 5.97 Å². The van der Waals surface area contributed by atoms with Crippen molar-refractivity contribution in [3.8, 4) is 0 Å². The topological polar surface area (TPSA) is 132 Å². The van der Waals surface area contributed by atoms with Gasteiger partial charge in [-0.3, -0.25) is 4.79 Å². The van der Waals surface area contributed by atoms with E-state index in [0.717, 1.165) is 15.8 Å². The minimum Gasteiger partial charge on any atom is -0.477 e. The van der Waals surface area contributed by atoms with Crippen molar-refractivity contribution in [3.63, 3.8) is 0 Å². The van der Waals surface area contributed by atoms with Gasteiger partial charge in [0.05, 0.1) is 10.7 Å². The molecule has 1 aliphatic rings. The second-order valence-corrected chi connectivity index (χ2v) is 8.15. The van der Waals surface area contributed by atoms with Crippen molar-refractivity contribution in [1.29, 1.82) is 0 Å². The van der Waals surface area contributed by atoms with Gasteiger partial charge in [-0.05, 0) is 29.3 Å². The summed E-state index contributed by atoms with van der Waals surface area (Å²) in [5, 5.41) is 10.1. The van der Waals surface area contributed by atoms with Crippen LogP contribution in [0.25, 0.3) is 10.1 Å². The van der Waals surface area contributed by atoms with Gasteiger partial charge in [-0.1, -0.05) is 34.1 Å². The molecule has 2 unspecified atom stereocenters. The highest BCUT2D eigenvalue weighted by Gasteiger charge is 2.48. The summed E-state index contributed by atoms with van der Waals surface area (Å²) in [6, 6.07) is 9.32. The standard InChI is InChI=1S/C18H14BrN3O3S/c19-8-3-1-2-7(6-8)18(22)9-4-5-10(20)14-11(9)12(13(21)16(18)23)15(26-14)17(24)25/h1-6,13H,20-22H2,(H,24,25). The highest BCUT2D eigenvalue weighted by Crippen LogP contribution is 2.49. The molecule has 26 heavy (non-hydrogen) atoms. The van der Waals surface area contributed by atoms with Gasteiger partial charge in [0.15, 0.2) is 5.78 Å². The van der Waals surface area contributed by atoms with Crippen LogP contribution in [0.2, 0.25) is 0 Å². The first-order valence-electron chi connectivity index (χ1n) is 7.70. The number of rotatable bonds is 2. The number of benzene rings is 2. The number of halogens is 1. The third-order valence-corrected chi connectivity index (χ3v) is 6.52. The third kappa shape index (κ3) is 2.10. The van der Waals surface area contributed by atoms with Gasteiger partial charge in [0.1, 0.15) is 10.4 Å². The van der Waals surface area contributed by atoms with E-state index < -0.39 is 23.3 Å². The number of carbonyl (C=O) groups is 2. The van der Waals surface area contributed by atoms with E-state index in [1.807, 2.05) is 6.07 Å². The van der Waals surface area contributed by atoms with Crippen LogP contribution in [0.1, 0.15) is 32.4 Å². The van der Waals surface area contributed by atoms with Gasteiger partial charge < -0.3 is 22.3 Å². The highest BCUT2D eigenvalue weighted by atomic mass is 79.9. The Morgan fingerprint density at radius 1 is 1.27 bits per heavy atom. The highest BCUT2D eigenvalue weighted by molar-refractivity contribution is 9.10. The van der Waals surface area contributed by atoms with E-state index in [2.05, 4.69) is 15.9 Å². The average molecular weight is 432 g/mol. The quantitative estimate of drug-likeness (QED) is 0.461. The molecule has 0 radical (unpaired) electrons. The molecule has 7 N–H and O–H groups in total. The number of hydrogen-bond donors (Lipinski definition) is 4. The van der Waals surface area contributed by atoms with Crippen molar-refractivity contribution in [2.24, 2.45) is 11.5 Å². The Labute approximate surface area is 160 Å². The number of thiophene rings is 1. The maximum absolute atomic E-state index is 13.2. The van der Waals surface area contributed by atoms with Crippen LogP contribution in [0.3, 0.4) is 0 Å². The molecule has 0 saturated carbocycles. The minimum atomic E-state index is -1.49. The van der Waals surface area contributed by atoms with E-state index in [4.69, 9.17) is 17.2 Å². The summed E-state index contributed by atoms with van der Waals surface area (Å²) >= 11 is 4.42. The van der Waals surface area contributed by atoms with E-state index in [1.165, 1.54) is 0 Å². The van der Waals surface area contributed by atoms with Crippen LogP contribution in [0, 0.1) is 0 Å². The fourth-order valence-corrected chi connectivity index (χ4v) is 5.11. The number of nitrogens with two attached hydrogens (primary N) is 3. The molecule has 0 aliphatic heterocycles. The predicted octanol–water partition coefficient (Wildman–Crippen LogP) is 2.73. The summed E-state index contributed by atoms with van der Waals surface area (Å²) in [6.07, 6.45) is 0. The lowest BCUT2D eigenvalue weighted by molar-refractivity contribution is -0.124. The average Bonchev–Trinajstić information content (AvgIpc) is 3.01. The predicted molar refractivity (Wildman–Crippen MR) is 104 cm³/mol. The molecular weight excluding hydrogens is 418 g/mol. The molecule has 0 saturated heterocycles. The normalized spacial score (nSPS) is 22.0. The molecule has 0 fully saturated rings. The SMILES string of the molecule is Nc1ccc2c3c(c(C(=O)O)sc13)C(N)C(=O)C2(N)c1cccc(Br)c1. The second kappa shape index (κ2) is 5.62. The van der Waals surface area contributed by atoms with Gasteiger partial charge in [0, 0.05) is 21.1 Å².